The number of hydrogen-bond donors (Lipinski definition) is 0. The topological polar surface area (TPSA) is 26.3 Å². The highest BCUT2D eigenvalue weighted by Gasteiger charge is 2.25. The Morgan fingerprint density at radius 2 is 1.19 bits per heavy atom. The molecule has 0 amide bonds. The molecule has 11 rings (SSSR count). The van der Waals surface area contributed by atoms with Crippen LogP contribution in [-0.2, 0) is 6.42 Å². The molecular formula is C46H26O2. The number of allylic oxidation sites excluding steroid dienone is 1. The minimum Gasteiger partial charge on any atom is -0.456 e. The molecular weight excluding hydrogens is 585 g/mol. The number of furan rings is 2. The summed E-state index contributed by atoms with van der Waals surface area (Å²) in [6, 6.07) is 50.2. The van der Waals surface area contributed by atoms with Crippen molar-refractivity contribution in [3.8, 4) is 33.4 Å². The molecule has 0 atom stereocenters. The zero-order valence-corrected chi connectivity index (χ0v) is 25.9. The van der Waals surface area contributed by atoms with Crippen LogP contribution in [0.25, 0.3) is 105 Å². The Bertz CT molecular complexity index is 2950. The number of benzene rings is 7. The first-order valence-electron chi connectivity index (χ1n) is 16.6. The van der Waals surface area contributed by atoms with Gasteiger partial charge in [0.2, 0.25) is 0 Å². The van der Waals surface area contributed by atoms with E-state index in [1.54, 1.807) is 0 Å². The van der Waals surface area contributed by atoms with E-state index >= 15 is 0 Å². The smallest absolute Gasteiger partial charge is 0.145 e. The van der Waals surface area contributed by atoms with E-state index in [0.717, 1.165) is 57.1 Å². The van der Waals surface area contributed by atoms with Gasteiger partial charge in [-0.1, -0.05) is 109 Å². The lowest BCUT2D eigenvalue weighted by Gasteiger charge is -2.25. The van der Waals surface area contributed by atoms with Crippen molar-refractivity contribution in [3.63, 3.8) is 0 Å². The van der Waals surface area contributed by atoms with Crippen molar-refractivity contribution < 1.29 is 8.83 Å². The molecule has 1 aliphatic carbocycles. The molecule has 2 heterocycles. The molecule has 0 saturated heterocycles. The number of rotatable bonds is 3. The average Bonchev–Trinajstić information content (AvgIpc) is 3.72. The van der Waals surface area contributed by atoms with Crippen LogP contribution in [0, 0.1) is 12.1 Å². The number of fused-ring (bicyclic) bond motifs is 5. The lowest BCUT2D eigenvalue weighted by molar-refractivity contribution is 0.669. The SMILES string of the molecule is c1c(-c2ccccc2-c2c3c(c(-c4cc5cccc6oc7cccc4c7c56)c4ccccc24)C=CCC3)cc2oc3ccccc3c2c#1. The van der Waals surface area contributed by atoms with E-state index in [0.29, 0.717) is 0 Å². The molecule has 0 fully saturated rings. The van der Waals surface area contributed by atoms with E-state index in [-0.39, 0.29) is 0 Å². The van der Waals surface area contributed by atoms with Crippen LogP contribution in [-0.4, -0.2) is 0 Å². The standard InChI is InChI=1S/C46H26O2/c1-2-14-32(29(12-1)27-23-24-31-30-13-7-8-20-39(30)47-42(31)26-27)44-33-15-3-5-17-35(33)45(36-18-6-4-16-34(36)44)38-25-28-11-9-21-40-43(28)46-37(38)19-10-22-41(46)48-40/h1-3,5-15,17-22,25-26H,4,16H2. The van der Waals surface area contributed by atoms with Gasteiger partial charge in [-0.05, 0) is 110 Å². The zero-order chi connectivity index (χ0) is 31.3. The summed E-state index contributed by atoms with van der Waals surface area (Å²) in [7, 11) is 0. The monoisotopic (exact) mass is 610 g/mol. The second kappa shape index (κ2) is 9.61. The van der Waals surface area contributed by atoms with E-state index in [4.69, 9.17) is 8.83 Å². The summed E-state index contributed by atoms with van der Waals surface area (Å²) in [5.41, 5.74) is 13.4. The van der Waals surface area contributed by atoms with E-state index in [1.807, 2.05) is 18.2 Å². The minimum atomic E-state index is 0.831. The Morgan fingerprint density at radius 3 is 2.08 bits per heavy atom. The summed E-state index contributed by atoms with van der Waals surface area (Å²) in [5, 5.41) is 9.40. The molecule has 0 N–H and O–H groups in total. The van der Waals surface area contributed by atoms with Gasteiger partial charge in [-0.2, -0.15) is 0 Å². The first kappa shape index (κ1) is 25.8. The molecule has 222 valence electrons. The Balaban J connectivity index is 1.22. The molecule has 0 spiro atoms. The van der Waals surface area contributed by atoms with Gasteiger partial charge in [-0.15, -0.1) is 0 Å². The first-order chi connectivity index (χ1) is 23.8. The zero-order valence-electron chi connectivity index (χ0n) is 25.9. The van der Waals surface area contributed by atoms with Crippen molar-refractivity contribution in [2.24, 2.45) is 0 Å². The Morgan fingerprint density at radius 1 is 0.500 bits per heavy atom. The first-order valence-corrected chi connectivity index (χ1v) is 16.6. The van der Waals surface area contributed by atoms with Crippen LogP contribution >= 0.6 is 0 Å². The van der Waals surface area contributed by atoms with Crippen LogP contribution in [0.15, 0.2) is 136 Å². The van der Waals surface area contributed by atoms with E-state index < -0.39 is 0 Å². The van der Waals surface area contributed by atoms with Gasteiger partial charge in [0.25, 0.3) is 0 Å². The van der Waals surface area contributed by atoms with Crippen LogP contribution in [0.1, 0.15) is 17.5 Å². The van der Waals surface area contributed by atoms with Gasteiger partial charge < -0.3 is 8.83 Å². The molecule has 1 aliphatic rings. The van der Waals surface area contributed by atoms with Crippen LogP contribution in [0.4, 0.5) is 0 Å². The average molecular weight is 611 g/mol. The van der Waals surface area contributed by atoms with E-state index in [1.165, 1.54) is 65.7 Å². The molecule has 2 nitrogen and oxygen atoms in total. The molecule has 48 heavy (non-hydrogen) atoms. The normalized spacial score (nSPS) is 13.0. The van der Waals surface area contributed by atoms with Gasteiger partial charge >= 0.3 is 0 Å². The number of hydrogen-bond acceptors (Lipinski definition) is 2. The lowest BCUT2D eigenvalue weighted by atomic mass is 9.78. The summed E-state index contributed by atoms with van der Waals surface area (Å²) in [4.78, 5) is 0. The number of para-hydroxylation sites is 1. The molecule has 8 aromatic carbocycles. The van der Waals surface area contributed by atoms with Crippen LogP contribution < -0.4 is 0 Å². The third-order valence-corrected chi connectivity index (χ3v) is 10.3. The van der Waals surface area contributed by atoms with Crippen molar-refractivity contribution in [1.82, 2.24) is 0 Å². The fourth-order valence-electron chi connectivity index (χ4n) is 8.33. The minimum absolute atomic E-state index is 0.831. The highest BCUT2D eigenvalue weighted by atomic mass is 16.3. The largest absolute Gasteiger partial charge is 0.456 e. The highest BCUT2D eigenvalue weighted by molar-refractivity contribution is 6.27. The van der Waals surface area contributed by atoms with E-state index in [9.17, 15) is 0 Å². The predicted octanol–water partition coefficient (Wildman–Crippen LogP) is 12.8. The fourth-order valence-corrected chi connectivity index (χ4v) is 8.33. The van der Waals surface area contributed by atoms with Gasteiger partial charge in [-0.3, -0.25) is 0 Å². The van der Waals surface area contributed by atoms with Crippen LogP contribution in [0.2, 0.25) is 0 Å². The van der Waals surface area contributed by atoms with Gasteiger partial charge in [0.05, 0.1) is 5.39 Å². The second-order valence-electron chi connectivity index (χ2n) is 12.9. The molecule has 0 radical (unpaired) electrons. The lowest BCUT2D eigenvalue weighted by Crippen LogP contribution is -2.03. The van der Waals surface area contributed by atoms with E-state index in [2.05, 4.69) is 127 Å². The third-order valence-electron chi connectivity index (χ3n) is 10.3. The Hall–Kier alpha value is -6.30. The maximum absolute atomic E-state index is 6.35. The van der Waals surface area contributed by atoms with Gasteiger partial charge in [0, 0.05) is 21.7 Å². The van der Waals surface area contributed by atoms with Crippen molar-refractivity contribution in [3.05, 3.63) is 151 Å². The Labute approximate surface area is 276 Å². The Kier molecular flexibility index (Phi) is 5.17. The molecule has 0 aliphatic heterocycles. The predicted molar refractivity (Wildman–Crippen MR) is 199 cm³/mol. The molecule has 0 saturated carbocycles. The molecule has 10 aromatic rings. The second-order valence-corrected chi connectivity index (χ2v) is 12.9. The summed E-state index contributed by atoms with van der Waals surface area (Å²) in [6.07, 6.45) is 6.67. The molecule has 0 unspecified atom stereocenters. The fraction of sp³-hybridized carbons (Fsp3) is 0.0435. The van der Waals surface area contributed by atoms with Gasteiger partial charge in [0.1, 0.15) is 22.3 Å². The quantitative estimate of drug-likeness (QED) is 0.186. The van der Waals surface area contributed by atoms with Crippen LogP contribution in [0.3, 0.4) is 0 Å². The summed E-state index contributed by atoms with van der Waals surface area (Å²) >= 11 is 0. The third kappa shape index (κ3) is 3.48. The summed E-state index contributed by atoms with van der Waals surface area (Å²) in [6.45, 7) is 0. The summed E-state index contributed by atoms with van der Waals surface area (Å²) in [5.74, 6) is 0. The van der Waals surface area contributed by atoms with Gasteiger partial charge in [0.15, 0.2) is 0 Å². The highest BCUT2D eigenvalue weighted by Crippen LogP contribution is 2.50. The molecule has 2 heteroatoms. The summed E-state index contributed by atoms with van der Waals surface area (Å²) < 4.78 is 12.6. The van der Waals surface area contributed by atoms with Crippen molar-refractivity contribution in [1.29, 1.82) is 0 Å². The molecule has 2 aromatic heterocycles. The molecule has 0 bridgehead atoms. The van der Waals surface area contributed by atoms with Gasteiger partial charge in [-0.25, -0.2) is 0 Å². The maximum Gasteiger partial charge on any atom is 0.145 e. The van der Waals surface area contributed by atoms with Crippen molar-refractivity contribution in [2.75, 3.05) is 0 Å². The van der Waals surface area contributed by atoms with Crippen molar-refractivity contribution >= 4 is 71.5 Å². The van der Waals surface area contributed by atoms with Crippen LogP contribution in [0.5, 0.6) is 0 Å². The van der Waals surface area contributed by atoms with Crippen molar-refractivity contribution in [2.45, 2.75) is 12.8 Å². The maximum atomic E-state index is 6.35.